The zero-order valence-corrected chi connectivity index (χ0v) is 36.4. The SMILES string of the molecule is C.C1CO1.CC(C)(C)c1[nH]c2ccc(NC(=O)C3(c4ccc5c(c4)OCO5)CC3)cc2c1CCO.CC(C)(C)c1cc2cc(NC(=O)C3(c4ccc5c(c4)OCO5)CC3)ccc2[nH]1. The molecule has 4 aromatic carbocycles. The second kappa shape index (κ2) is 16.6. The van der Waals surface area contributed by atoms with E-state index in [0.29, 0.717) is 12.2 Å². The number of aliphatic hydroxyl groups is 1. The highest BCUT2D eigenvalue weighted by molar-refractivity contribution is 6.04. The molecule has 3 fully saturated rings. The number of hydrogen-bond acceptors (Lipinski definition) is 8. The van der Waals surface area contributed by atoms with Crippen molar-refractivity contribution in [1.82, 2.24) is 9.97 Å². The van der Waals surface area contributed by atoms with Crippen LogP contribution in [-0.2, 0) is 42.4 Å². The number of amides is 2. The molecule has 0 atom stereocenters. The Morgan fingerprint density at radius 2 is 1.14 bits per heavy atom. The molecule has 0 spiro atoms. The Hall–Kier alpha value is -5.98. The van der Waals surface area contributed by atoms with Crippen LogP contribution in [0.1, 0.15) is 103 Å². The van der Waals surface area contributed by atoms with Crippen molar-refractivity contribution in [3.8, 4) is 23.0 Å². The molecule has 2 aliphatic carbocycles. The first-order valence-corrected chi connectivity index (χ1v) is 21.6. The van der Waals surface area contributed by atoms with Gasteiger partial charge in [0.15, 0.2) is 23.0 Å². The lowest BCUT2D eigenvalue weighted by atomic mass is 9.88. The Balaban J connectivity index is 0.000000160. The molecule has 5 N–H and O–H groups in total. The predicted molar refractivity (Wildman–Crippen MR) is 247 cm³/mol. The van der Waals surface area contributed by atoms with E-state index in [0.717, 1.165) is 112 Å². The zero-order valence-electron chi connectivity index (χ0n) is 36.4. The van der Waals surface area contributed by atoms with Crippen molar-refractivity contribution < 1.29 is 38.4 Å². The van der Waals surface area contributed by atoms with E-state index < -0.39 is 10.8 Å². The van der Waals surface area contributed by atoms with E-state index in [9.17, 15) is 14.7 Å². The van der Waals surface area contributed by atoms with Gasteiger partial charge in [-0.1, -0.05) is 61.1 Å². The Morgan fingerprint density at radius 3 is 1.62 bits per heavy atom. The summed E-state index contributed by atoms with van der Waals surface area (Å²) in [7, 11) is 0. The van der Waals surface area contributed by atoms with E-state index in [-0.39, 0.29) is 50.3 Å². The first-order valence-electron chi connectivity index (χ1n) is 21.6. The van der Waals surface area contributed by atoms with E-state index in [1.807, 2.05) is 72.8 Å². The van der Waals surface area contributed by atoms with Gasteiger partial charge in [-0.25, -0.2) is 0 Å². The highest BCUT2D eigenvalue weighted by atomic mass is 16.7. The zero-order chi connectivity index (χ0) is 43.4. The number of hydrogen-bond donors (Lipinski definition) is 5. The number of anilines is 2. The van der Waals surface area contributed by atoms with Gasteiger partial charge in [-0.15, -0.1) is 0 Å². The maximum absolute atomic E-state index is 13.3. The third kappa shape index (κ3) is 8.84. The van der Waals surface area contributed by atoms with Crippen molar-refractivity contribution in [1.29, 1.82) is 0 Å². The van der Waals surface area contributed by atoms with E-state index in [4.69, 9.17) is 18.9 Å². The molecule has 63 heavy (non-hydrogen) atoms. The molecule has 3 aliphatic heterocycles. The Labute approximate surface area is 369 Å². The van der Waals surface area contributed by atoms with Crippen molar-refractivity contribution in [2.45, 2.75) is 103 Å². The van der Waals surface area contributed by atoms with Crippen LogP contribution in [0, 0.1) is 0 Å². The molecule has 12 nitrogen and oxygen atoms in total. The number of H-pyrrole nitrogens is 2. The van der Waals surface area contributed by atoms with Crippen LogP contribution < -0.4 is 29.6 Å². The summed E-state index contributed by atoms with van der Waals surface area (Å²) in [4.78, 5) is 33.4. The molecular weight excluding hydrogens is 797 g/mol. The maximum Gasteiger partial charge on any atom is 0.235 e. The highest BCUT2D eigenvalue weighted by Gasteiger charge is 2.52. The highest BCUT2D eigenvalue weighted by Crippen LogP contribution is 2.52. The molecule has 11 rings (SSSR count). The van der Waals surface area contributed by atoms with Crippen LogP contribution in [0.25, 0.3) is 21.8 Å². The number of ether oxygens (including phenoxy) is 5. The molecule has 2 amide bonds. The fraction of sp³-hybridized carbons (Fsp3) is 0.412. The number of carbonyl (C=O) groups is 2. The normalized spacial score (nSPS) is 16.8. The molecule has 0 unspecified atom stereocenters. The molecular formula is C51H60N4O8. The van der Waals surface area contributed by atoms with Crippen molar-refractivity contribution in [3.05, 3.63) is 107 Å². The number of aromatic amines is 2. The van der Waals surface area contributed by atoms with E-state index in [1.54, 1.807) is 0 Å². The maximum atomic E-state index is 13.3. The minimum Gasteiger partial charge on any atom is -0.454 e. The van der Waals surface area contributed by atoms with Crippen LogP contribution in [0.3, 0.4) is 0 Å². The molecule has 1 saturated heterocycles. The molecule has 6 aromatic rings. The van der Waals surface area contributed by atoms with Crippen LogP contribution in [0.4, 0.5) is 11.4 Å². The van der Waals surface area contributed by atoms with E-state index in [2.05, 4.69) is 72.9 Å². The molecule has 0 bridgehead atoms. The number of nitrogens with one attached hydrogen (secondary N) is 4. The van der Waals surface area contributed by atoms with Gasteiger partial charge in [-0.05, 0) is 116 Å². The lowest BCUT2D eigenvalue weighted by Crippen LogP contribution is -2.27. The number of benzene rings is 4. The van der Waals surface area contributed by atoms with Crippen LogP contribution in [0.15, 0.2) is 78.9 Å². The largest absolute Gasteiger partial charge is 0.454 e. The van der Waals surface area contributed by atoms with Gasteiger partial charge in [-0.2, -0.15) is 0 Å². The van der Waals surface area contributed by atoms with Gasteiger partial charge in [0.25, 0.3) is 0 Å². The number of rotatable bonds is 8. The number of fused-ring (bicyclic) bond motifs is 4. The van der Waals surface area contributed by atoms with E-state index >= 15 is 0 Å². The molecule has 5 heterocycles. The standard InChI is InChI=1S/C25H28N2O4.C23H24N2O3.C2H4O.CH4/c1-24(2,3)22-17(8-11-28)18-13-16(5-6-19(18)27-22)26-23(29)25(9-10-25)15-4-7-20-21(12-15)31-14-30-20;1-22(2,3)20-11-14-10-16(5-6-17(14)25-20)24-21(26)23(8-9-23)15-4-7-18-19(12-15)28-13-27-18;1-2-3-1;/h4-7,12-13,27-28H,8-11,14H2,1-3H3,(H,26,29);4-7,10-12,25H,8-9,13H2,1-3H3,(H,24,26);1-2H2;1H4. The van der Waals surface area contributed by atoms with Gasteiger partial charge in [0.2, 0.25) is 25.4 Å². The summed E-state index contributed by atoms with van der Waals surface area (Å²) >= 11 is 0. The third-order valence-electron chi connectivity index (χ3n) is 12.4. The summed E-state index contributed by atoms with van der Waals surface area (Å²) in [5.41, 5.74) is 8.07. The van der Waals surface area contributed by atoms with Crippen molar-refractivity contribution in [2.24, 2.45) is 0 Å². The molecule has 5 aliphatic rings. The first-order chi connectivity index (χ1) is 29.7. The lowest BCUT2D eigenvalue weighted by molar-refractivity contribution is -0.119. The summed E-state index contributed by atoms with van der Waals surface area (Å²) in [5, 5.41) is 18.0. The van der Waals surface area contributed by atoms with Gasteiger partial charge in [0, 0.05) is 62.0 Å². The third-order valence-corrected chi connectivity index (χ3v) is 12.4. The molecule has 2 saturated carbocycles. The van der Waals surface area contributed by atoms with Crippen LogP contribution >= 0.6 is 0 Å². The second-order valence-electron chi connectivity index (χ2n) is 19.0. The second-order valence-corrected chi connectivity index (χ2v) is 19.0. The fourth-order valence-electron chi connectivity index (χ4n) is 8.39. The Bertz CT molecular complexity index is 2670. The van der Waals surface area contributed by atoms with Crippen molar-refractivity contribution >= 4 is 45.0 Å². The van der Waals surface area contributed by atoms with Crippen LogP contribution in [-0.4, -0.2) is 60.3 Å². The monoisotopic (exact) mass is 856 g/mol. The summed E-state index contributed by atoms with van der Waals surface area (Å²) in [6, 6.07) is 25.7. The predicted octanol–water partition coefficient (Wildman–Crippen LogP) is 9.92. The smallest absolute Gasteiger partial charge is 0.235 e. The number of epoxide rings is 1. The average Bonchev–Trinajstić information content (AvgIpc) is 4.21. The molecule has 2 aromatic heterocycles. The van der Waals surface area contributed by atoms with Crippen molar-refractivity contribution in [2.75, 3.05) is 44.0 Å². The fourth-order valence-corrected chi connectivity index (χ4v) is 8.39. The van der Waals surface area contributed by atoms with Gasteiger partial charge in [0.05, 0.1) is 24.0 Å². The first kappa shape index (κ1) is 43.7. The summed E-state index contributed by atoms with van der Waals surface area (Å²) < 4.78 is 26.3. The van der Waals surface area contributed by atoms with Gasteiger partial charge >= 0.3 is 0 Å². The number of aliphatic hydroxyl groups excluding tert-OH is 1. The summed E-state index contributed by atoms with van der Waals surface area (Å²) in [6.07, 6.45) is 3.90. The molecule has 0 radical (unpaired) electrons. The Kier molecular flexibility index (Phi) is 11.5. The van der Waals surface area contributed by atoms with Crippen LogP contribution in [0.2, 0.25) is 0 Å². The molecule has 12 heteroatoms. The minimum atomic E-state index is -0.515. The number of carbonyl (C=O) groups excluding carboxylic acids is 2. The van der Waals surface area contributed by atoms with Crippen molar-refractivity contribution in [3.63, 3.8) is 0 Å². The van der Waals surface area contributed by atoms with Crippen LogP contribution in [0.5, 0.6) is 23.0 Å². The minimum absolute atomic E-state index is 0. The Morgan fingerprint density at radius 1 is 0.635 bits per heavy atom. The topological polar surface area (TPSA) is 159 Å². The van der Waals surface area contributed by atoms with E-state index in [1.165, 1.54) is 5.69 Å². The molecule has 332 valence electrons. The summed E-state index contributed by atoms with van der Waals surface area (Å²) in [6.45, 7) is 15.6. The van der Waals surface area contributed by atoms with Gasteiger partial charge in [-0.3, -0.25) is 9.59 Å². The van der Waals surface area contributed by atoms with Gasteiger partial charge < -0.3 is 49.4 Å². The van der Waals surface area contributed by atoms with Gasteiger partial charge in [0.1, 0.15) is 0 Å². The summed E-state index contributed by atoms with van der Waals surface area (Å²) in [5.74, 6) is 2.93. The number of aromatic nitrogens is 2. The quantitative estimate of drug-likeness (QED) is 0.0947. The lowest BCUT2D eigenvalue weighted by Gasteiger charge is -2.19. The average molecular weight is 857 g/mol.